The van der Waals surface area contributed by atoms with Crippen LogP contribution in [0.15, 0.2) is 46.9 Å². The molecule has 0 spiro atoms. The van der Waals surface area contributed by atoms with Gasteiger partial charge in [0.05, 0.1) is 0 Å². The summed E-state index contributed by atoms with van der Waals surface area (Å²) >= 11 is 0. The van der Waals surface area contributed by atoms with E-state index in [4.69, 9.17) is 4.42 Å². The third-order valence-electron chi connectivity index (χ3n) is 5.07. The predicted octanol–water partition coefficient (Wildman–Crippen LogP) is 4.30. The Morgan fingerprint density at radius 3 is 2.69 bits per heavy atom. The van der Waals surface area contributed by atoms with Crippen LogP contribution in [0.5, 0.6) is 0 Å². The Balaban J connectivity index is 1.39. The molecule has 2 aromatic carbocycles. The van der Waals surface area contributed by atoms with Gasteiger partial charge >= 0.3 is 0 Å². The summed E-state index contributed by atoms with van der Waals surface area (Å²) in [5.41, 5.74) is 4.83. The molecule has 1 fully saturated rings. The minimum Gasteiger partial charge on any atom is -0.423 e. The lowest BCUT2D eigenvalue weighted by Gasteiger charge is -2.30. The van der Waals surface area contributed by atoms with E-state index in [0.29, 0.717) is 6.01 Å². The number of hydrogen-bond acceptors (Lipinski definition) is 4. The first-order valence-electron chi connectivity index (χ1n) is 9.09. The molecule has 134 valence electrons. The largest absolute Gasteiger partial charge is 0.423 e. The van der Waals surface area contributed by atoms with Crippen LogP contribution >= 0.6 is 0 Å². The highest BCUT2D eigenvalue weighted by Gasteiger charge is 2.27. The van der Waals surface area contributed by atoms with E-state index in [-0.39, 0.29) is 11.8 Å². The summed E-state index contributed by atoms with van der Waals surface area (Å²) in [5.74, 6) is 0.131. The molecule has 0 aliphatic carbocycles. The molecular formula is C21H23N3O2. The van der Waals surface area contributed by atoms with Gasteiger partial charge in [-0.25, -0.2) is 0 Å². The molecular weight excluding hydrogens is 326 g/mol. The Kier molecular flexibility index (Phi) is 4.37. The number of anilines is 2. The molecule has 1 aromatic heterocycles. The number of fused-ring (bicyclic) bond motifs is 1. The Hall–Kier alpha value is -2.82. The Morgan fingerprint density at radius 1 is 1.15 bits per heavy atom. The standard InChI is InChI=1S/C21H23N3O2/c1-14-7-8-15(2)18(13-14)22-20(25)16-9-11-24(12-10-16)21-23-17-5-3-4-6-19(17)26-21/h3-8,13,16H,9-12H2,1-2H3,(H,22,25). The molecule has 0 bridgehead atoms. The van der Waals surface area contributed by atoms with Crippen molar-refractivity contribution in [2.45, 2.75) is 26.7 Å². The van der Waals surface area contributed by atoms with Crippen molar-refractivity contribution in [1.29, 1.82) is 0 Å². The van der Waals surface area contributed by atoms with Gasteiger partial charge in [-0.05, 0) is 56.0 Å². The third kappa shape index (κ3) is 3.29. The van der Waals surface area contributed by atoms with Gasteiger partial charge in [-0.2, -0.15) is 4.98 Å². The first-order chi connectivity index (χ1) is 12.6. The molecule has 1 N–H and O–H groups in total. The molecule has 4 rings (SSSR count). The van der Waals surface area contributed by atoms with Crippen molar-refractivity contribution < 1.29 is 9.21 Å². The Bertz CT molecular complexity index is 906. The number of nitrogens with one attached hydrogen (secondary N) is 1. The van der Waals surface area contributed by atoms with Crippen molar-refractivity contribution in [3.8, 4) is 0 Å². The molecule has 1 amide bonds. The second-order valence-corrected chi connectivity index (χ2v) is 7.03. The van der Waals surface area contributed by atoms with Crippen molar-refractivity contribution in [2.75, 3.05) is 23.3 Å². The van der Waals surface area contributed by atoms with E-state index in [2.05, 4.69) is 21.3 Å². The summed E-state index contributed by atoms with van der Waals surface area (Å²) in [5, 5.41) is 3.10. The maximum absolute atomic E-state index is 12.6. The van der Waals surface area contributed by atoms with Crippen LogP contribution in [0, 0.1) is 19.8 Å². The van der Waals surface area contributed by atoms with E-state index in [9.17, 15) is 4.79 Å². The van der Waals surface area contributed by atoms with Gasteiger partial charge in [-0.3, -0.25) is 4.79 Å². The molecule has 0 unspecified atom stereocenters. The topological polar surface area (TPSA) is 58.4 Å². The van der Waals surface area contributed by atoms with Crippen molar-refractivity contribution >= 4 is 28.7 Å². The molecule has 1 aliphatic heterocycles. The number of benzene rings is 2. The molecule has 0 saturated carbocycles. The first kappa shape index (κ1) is 16.6. The van der Waals surface area contributed by atoms with Gasteiger partial charge in [0, 0.05) is 24.7 Å². The summed E-state index contributed by atoms with van der Waals surface area (Å²) in [6.07, 6.45) is 1.60. The summed E-state index contributed by atoms with van der Waals surface area (Å²) in [4.78, 5) is 19.3. The van der Waals surface area contributed by atoms with E-state index in [1.807, 2.05) is 50.2 Å². The smallest absolute Gasteiger partial charge is 0.298 e. The summed E-state index contributed by atoms with van der Waals surface area (Å²) < 4.78 is 5.84. The van der Waals surface area contributed by atoms with Crippen LogP contribution in [0.25, 0.3) is 11.1 Å². The van der Waals surface area contributed by atoms with Gasteiger partial charge in [0.1, 0.15) is 5.52 Å². The number of aromatic nitrogens is 1. The van der Waals surface area contributed by atoms with Crippen molar-refractivity contribution in [2.24, 2.45) is 5.92 Å². The predicted molar refractivity (Wildman–Crippen MR) is 103 cm³/mol. The van der Waals surface area contributed by atoms with Crippen LogP contribution < -0.4 is 10.2 Å². The number of amides is 1. The fourth-order valence-corrected chi connectivity index (χ4v) is 3.43. The van der Waals surface area contributed by atoms with Crippen LogP contribution in [0.1, 0.15) is 24.0 Å². The van der Waals surface area contributed by atoms with E-state index < -0.39 is 0 Å². The molecule has 1 aliphatic rings. The van der Waals surface area contributed by atoms with Crippen LogP contribution in [-0.4, -0.2) is 24.0 Å². The normalized spacial score (nSPS) is 15.4. The number of oxazole rings is 1. The van der Waals surface area contributed by atoms with Gasteiger partial charge in [0.15, 0.2) is 5.58 Å². The summed E-state index contributed by atoms with van der Waals surface area (Å²) in [6, 6.07) is 14.6. The second kappa shape index (κ2) is 6.83. The van der Waals surface area contributed by atoms with Crippen molar-refractivity contribution in [1.82, 2.24) is 4.98 Å². The Labute approximate surface area is 153 Å². The number of carbonyl (C=O) groups excluding carboxylic acids is 1. The molecule has 3 aromatic rings. The highest BCUT2D eigenvalue weighted by molar-refractivity contribution is 5.93. The zero-order valence-electron chi connectivity index (χ0n) is 15.2. The number of hydrogen-bond donors (Lipinski definition) is 1. The maximum atomic E-state index is 12.6. The SMILES string of the molecule is Cc1ccc(C)c(NC(=O)C2CCN(c3nc4ccccc4o3)CC2)c1. The van der Waals surface area contributed by atoms with Crippen LogP contribution in [0.2, 0.25) is 0 Å². The van der Waals surface area contributed by atoms with Gasteiger partial charge in [-0.15, -0.1) is 0 Å². The second-order valence-electron chi connectivity index (χ2n) is 7.03. The summed E-state index contributed by atoms with van der Waals surface area (Å²) in [7, 11) is 0. The van der Waals surface area contributed by atoms with Crippen LogP contribution in [0.4, 0.5) is 11.7 Å². The lowest BCUT2D eigenvalue weighted by atomic mass is 9.96. The third-order valence-corrected chi connectivity index (χ3v) is 5.07. The van der Waals surface area contributed by atoms with Crippen molar-refractivity contribution in [3.63, 3.8) is 0 Å². The Morgan fingerprint density at radius 2 is 1.92 bits per heavy atom. The maximum Gasteiger partial charge on any atom is 0.298 e. The van der Waals surface area contributed by atoms with E-state index in [0.717, 1.165) is 53.8 Å². The highest BCUT2D eigenvalue weighted by Crippen LogP contribution is 2.27. The van der Waals surface area contributed by atoms with Crippen LogP contribution in [0.3, 0.4) is 0 Å². The van der Waals surface area contributed by atoms with E-state index in [1.165, 1.54) is 0 Å². The van der Waals surface area contributed by atoms with Gasteiger partial charge in [0.2, 0.25) is 5.91 Å². The molecule has 0 radical (unpaired) electrons. The molecule has 1 saturated heterocycles. The number of para-hydroxylation sites is 2. The molecule has 0 atom stereocenters. The lowest BCUT2D eigenvalue weighted by molar-refractivity contribution is -0.120. The van der Waals surface area contributed by atoms with Gasteiger partial charge in [0.25, 0.3) is 6.01 Å². The zero-order chi connectivity index (χ0) is 18.1. The fraction of sp³-hybridized carbons (Fsp3) is 0.333. The summed E-state index contributed by atoms with van der Waals surface area (Å²) in [6.45, 7) is 5.61. The molecule has 2 heterocycles. The highest BCUT2D eigenvalue weighted by atomic mass is 16.4. The number of aryl methyl sites for hydroxylation is 2. The lowest BCUT2D eigenvalue weighted by Crippen LogP contribution is -2.38. The monoisotopic (exact) mass is 349 g/mol. The zero-order valence-corrected chi connectivity index (χ0v) is 15.2. The fourth-order valence-electron chi connectivity index (χ4n) is 3.43. The van der Waals surface area contributed by atoms with Gasteiger partial charge in [-0.1, -0.05) is 24.3 Å². The van der Waals surface area contributed by atoms with E-state index >= 15 is 0 Å². The van der Waals surface area contributed by atoms with Crippen molar-refractivity contribution in [3.05, 3.63) is 53.6 Å². The number of rotatable bonds is 3. The molecule has 5 heteroatoms. The average molecular weight is 349 g/mol. The first-order valence-corrected chi connectivity index (χ1v) is 9.09. The molecule has 5 nitrogen and oxygen atoms in total. The minimum absolute atomic E-state index is 0.0236. The van der Waals surface area contributed by atoms with Crippen LogP contribution in [-0.2, 0) is 4.79 Å². The number of piperidine rings is 1. The van der Waals surface area contributed by atoms with Gasteiger partial charge < -0.3 is 14.6 Å². The van der Waals surface area contributed by atoms with E-state index in [1.54, 1.807) is 0 Å². The number of carbonyl (C=O) groups is 1. The quantitative estimate of drug-likeness (QED) is 0.766. The average Bonchev–Trinajstić information content (AvgIpc) is 3.09. The minimum atomic E-state index is 0.0236. The number of nitrogens with zero attached hydrogens (tertiary/aromatic N) is 2. The molecule has 26 heavy (non-hydrogen) atoms.